The average molecular weight is 331 g/mol. The first kappa shape index (κ1) is 17.1. The van der Waals surface area contributed by atoms with Gasteiger partial charge in [0.1, 0.15) is 5.75 Å². The zero-order valence-corrected chi connectivity index (χ0v) is 13.6. The molecule has 0 spiro atoms. The van der Waals surface area contributed by atoms with E-state index >= 15 is 0 Å². The number of hydrogen-bond acceptors (Lipinski definition) is 5. The quantitative estimate of drug-likeness (QED) is 0.522. The monoisotopic (exact) mass is 331 g/mol. The summed E-state index contributed by atoms with van der Waals surface area (Å²) in [6.45, 7) is 0. The van der Waals surface area contributed by atoms with Gasteiger partial charge in [-0.1, -0.05) is 12.1 Å². The number of ether oxygens (including phenoxy) is 3. The van der Waals surface area contributed by atoms with E-state index in [-0.39, 0.29) is 11.3 Å². The maximum absolute atomic E-state index is 12.0. The molecule has 0 saturated carbocycles. The van der Waals surface area contributed by atoms with E-state index in [9.17, 15) is 9.90 Å². The number of phenols is 1. The van der Waals surface area contributed by atoms with Crippen LogP contribution in [0, 0.1) is 0 Å². The third kappa shape index (κ3) is 3.75. The lowest BCUT2D eigenvalue weighted by Crippen LogP contribution is -2.81. The number of carbonyl (C=O) groups excluding carboxylic acids is 1. The molecule has 0 saturated heterocycles. The van der Waals surface area contributed by atoms with Gasteiger partial charge in [-0.15, -0.1) is 10.5 Å². The van der Waals surface area contributed by atoms with Crippen LogP contribution in [-0.2, 0) is 0 Å². The van der Waals surface area contributed by atoms with E-state index in [1.165, 1.54) is 33.5 Å². The molecule has 2 aromatic rings. The number of para-hydroxylation sites is 1. The fraction of sp³-hybridized carbons (Fsp3) is 0.176. The van der Waals surface area contributed by atoms with E-state index in [2.05, 4.69) is 10.5 Å². The molecule has 0 unspecified atom stereocenters. The maximum atomic E-state index is 12.0. The molecule has 0 radical (unpaired) electrons. The number of rotatable bonds is 6. The molecule has 0 atom stereocenters. The van der Waals surface area contributed by atoms with Gasteiger partial charge >= 0.3 is 5.91 Å². The molecule has 3 N–H and O–H groups in total. The molecular weight excluding hydrogens is 312 g/mol. The van der Waals surface area contributed by atoms with Crippen LogP contribution in [0.15, 0.2) is 36.4 Å². The number of amides is 1. The van der Waals surface area contributed by atoms with Crippen molar-refractivity contribution in [1.82, 2.24) is 5.43 Å². The maximum Gasteiger partial charge on any atom is 0.308 e. The highest BCUT2D eigenvalue weighted by Crippen LogP contribution is 2.37. The Morgan fingerprint density at radius 1 is 1.08 bits per heavy atom. The number of hydrazine groups is 1. The van der Waals surface area contributed by atoms with Crippen LogP contribution < -0.4 is 24.7 Å². The molecule has 7 nitrogen and oxygen atoms in total. The number of aromatic hydroxyl groups is 1. The molecule has 2 aromatic carbocycles. The lowest BCUT2D eigenvalue weighted by atomic mass is 10.2. The van der Waals surface area contributed by atoms with Gasteiger partial charge in [0.15, 0.2) is 17.7 Å². The SMILES string of the molecule is COc1cc(C=[NH+]NC(=O)c2ccccc2O)cc(OC)c1OC. The van der Waals surface area contributed by atoms with E-state index in [4.69, 9.17) is 14.2 Å². The van der Waals surface area contributed by atoms with Crippen molar-refractivity contribution in [2.45, 2.75) is 0 Å². The highest BCUT2D eigenvalue weighted by Gasteiger charge is 2.14. The van der Waals surface area contributed by atoms with Gasteiger partial charge in [0.2, 0.25) is 5.75 Å². The minimum Gasteiger partial charge on any atom is -0.507 e. The van der Waals surface area contributed by atoms with Gasteiger partial charge in [0.25, 0.3) is 0 Å². The Kier molecular flexibility index (Phi) is 5.62. The van der Waals surface area contributed by atoms with Crippen LogP contribution in [0.3, 0.4) is 0 Å². The van der Waals surface area contributed by atoms with Crippen LogP contribution in [0.2, 0.25) is 0 Å². The third-order valence-electron chi connectivity index (χ3n) is 3.26. The highest BCUT2D eigenvalue weighted by molar-refractivity contribution is 5.96. The van der Waals surface area contributed by atoms with Crippen molar-refractivity contribution in [3.05, 3.63) is 47.5 Å². The summed E-state index contributed by atoms with van der Waals surface area (Å²) in [5.74, 6) is 0.922. The highest BCUT2D eigenvalue weighted by atomic mass is 16.5. The minimum atomic E-state index is -0.461. The van der Waals surface area contributed by atoms with Gasteiger partial charge in [0.05, 0.1) is 26.9 Å². The van der Waals surface area contributed by atoms with Crippen LogP contribution in [0.25, 0.3) is 0 Å². The number of nitrogens with one attached hydrogen (secondary N) is 2. The van der Waals surface area contributed by atoms with Crippen molar-refractivity contribution in [1.29, 1.82) is 0 Å². The molecule has 126 valence electrons. The molecule has 0 aliphatic carbocycles. The largest absolute Gasteiger partial charge is 0.507 e. The van der Waals surface area contributed by atoms with Crippen LogP contribution >= 0.6 is 0 Å². The normalized spacial score (nSPS) is 10.5. The lowest BCUT2D eigenvalue weighted by molar-refractivity contribution is -0.503. The molecule has 0 fully saturated rings. The van der Waals surface area contributed by atoms with E-state index < -0.39 is 5.91 Å². The minimum absolute atomic E-state index is 0.0930. The topological polar surface area (TPSA) is 91.0 Å². The van der Waals surface area contributed by atoms with Gasteiger partial charge in [-0.25, -0.2) is 0 Å². The van der Waals surface area contributed by atoms with Crippen molar-refractivity contribution < 1.29 is 29.2 Å². The van der Waals surface area contributed by atoms with Crippen LogP contribution in [0.4, 0.5) is 0 Å². The Morgan fingerprint density at radius 2 is 1.71 bits per heavy atom. The second kappa shape index (κ2) is 7.87. The van der Waals surface area contributed by atoms with Crippen LogP contribution in [0.5, 0.6) is 23.0 Å². The van der Waals surface area contributed by atoms with Gasteiger partial charge in [0, 0.05) is 5.56 Å². The van der Waals surface area contributed by atoms with Crippen molar-refractivity contribution >= 4 is 12.1 Å². The standard InChI is InChI=1S/C17H18N2O5/c1-22-14-8-11(9-15(23-2)16(14)24-3)10-18-19-17(21)12-6-4-5-7-13(12)20/h4-10,20H,1-3H3,(H,19,21)/p+1. The van der Waals surface area contributed by atoms with Crippen molar-refractivity contribution in [3.8, 4) is 23.0 Å². The number of hydrazone groups is 1. The summed E-state index contributed by atoms with van der Waals surface area (Å²) in [7, 11) is 4.57. The van der Waals surface area contributed by atoms with Crippen molar-refractivity contribution in [2.24, 2.45) is 0 Å². The second-order valence-corrected chi connectivity index (χ2v) is 4.72. The van der Waals surface area contributed by atoms with E-state index in [1.807, 2.05) is 0 Å². The fourth-order valence-electron chi connectivity index (χ4n) is 2.10. The fourth-order valence-corrected chi connectivity index (χ4v) is 2.10. The Bertz CT molecular complexity index is 733. The molecule has 0 aliphatic heterocycles. The van der Waals surface area contributed by atoms with Crippen molar-refractivity contribution in [3.63, 3.8) is 0 Å². The Hall–Kier alpha value is -3.22. The molecule has 0 heterocycles. The van der Waals surface area contributed by atoms with Gasteiger partial charge in [-0.05, 0) is 24.3 Å². The summed E-state index contributed by atoms with van der Waals surface area (Å²) in [5.41, 5.74) is 3.34. The predicted octanol–water partition coefficient (Wildman–Crippen LogP) is 0.262. The van der Waals surface area contributed by atoms with E-state index in [0.29, 0.717) is 22.8 Å². The summed E-state index contributed by atoms with van der Waals surface area (Å²) < 4.78 is 15.8. The Morgan fingerprint density at radius 3 is 2.25 bits per heavy atom. The Balaban J connectivity index is 2.17. The number of phenolic OH excluding ortho intramolecular Hbond substituents is 1. The lowest BCUT2D eigenvalue weighted by Gasteiger charge is -2.11. The van der Waals surface area contributed by atoms with E-state index in [0.717, 1.165) is 0 Å². The summed E-state index contributed by atoms with van der Waals surface area (Å²) in [5, 5.41) is 12.3. The molecule has 0 bridgehead atoms. The first-order chi connectivity index (χ1) is 11.6. The second-order valence-electron chi connectivity index (χ2n) is 4.72. The molecule has 24 heavy (non-hydrogen) atoms. The smallest absolute Gasteiger partial charge is 0.308 e. The zero-order chi connectivity index (χ0) is 17.5. The first-order valence-electron chi connectivity index (χ1n) is 7.07. The van der Waals surface area contributed by atoms with Crippen LogP contribution in [-0.4, -0.2) is 38.6 Å². The summed E-state index contributed by atoms with van der Waals surface area (Å²) >= 11 is 0. The molecular formula is C17H19N2O5+. The molecule has 2 rings (SSSR count). The van der Waals surface area contributed by atoms with Crippen molar-refractivity contribution in [2.75, 3.05) is 21.3 Å². The van der Waals surface area contributed by atoms with E-state index in [1.54, 1.807) is 30.5 Å². The molecule has 7 heteroatoms. The first-order valence-corrected chi connectivity index (χ1v) is 7.07. The molecule has 0 aromatic heterocycles. The number of methoxy groups -OCH3 is 3. The summed E-state index contributed by atoms with van der Waals surface area (Å²) in [6.07, 6.45) is 1.56. The van der Waals surface area contributed by atoms with Crippen LogP contribution in [0.1, 0.15) is 15.9 Å². The number of benzene rings is 2. The van der Waals surface area contributed by atoms with Gasteiger partial charge in [-0.2, -0.15) is 0 Å². The average Bonchev–Trinajstić information content (AvgIpc) is 2.60. The summed E-state index contributed by atoms with van der Waals surface area (Å²) in [6, 6.07) is 9.71. The summed E-state index contributed by atoms with van der Waals surface area (Å²) in [4.78, 5) is 12.0. The van der Waals surface area contributed by atoms with Gasteiger partial charge in [-0.3, -0.25) is 4.79 Å². The predicted molar refractivity (Wildman–Crippen MR) is 87.8 cm³/mol. The zero-order valence-electron chi connectivity index (χ0n) is 13.6. The third-order valence-corrected chi connectivity index (χ3v) is 3.26. The number of carbonyl (C=O) groups is 1. The van der Waals surface area contributed by atoms with Gasteiger partial charge < -0.3 is 19.3 Å². The molecule has 0 aliphatic rings. The number of hydrogen-bond donors (Lipinski definition) is 3. The molecule has 1 amide bonds. The Labute approximate surface area is 139 Å².